The Kier molecular flexibility index (Phi) is 4.57. The van der Waals surface area contributed by atoms with Gasteiger partial charge < -0.3 is 10.1 Å². The topological polar surface area (TPSA) is 83.0 Å². The first-order chi connectivity index (χ1) is 9.60. The zero-order valence-electron chi connectivity index (χ0n) is 10.9. The number of nitrogens with zero attached hydrogens (tertiary/aromatic N) is 1. The zero-order chi connectivity index (χ0) is 14.5. The van der Waals surface area contributed by atoms with Crippen LogP contribution in [0.5, 0.6) is 0 Å². The third-order valence-corrected chi connectivity index (χ3v) is 3.67. The Morgan fingerprint density at radius 1 is 1.40 bits per heavy atom. The second-order valence-corrected chi connectivity index (χ2v) is 5.11. The number of carbonyl (C=O) groups is 1. The molecule has 0 saturated heterocycles. The first-order valence-corrected chi connectivity index (χ1v) is 7.13. The summed E-state index contributed by atoms with van der Waals surface area (Å²) in [4.78, 5) is 29.5. The number of aromatic carboxylic acids is 1. The largest absolute Gasteiger partial charge is 0.478 e. The predicted molar refractivity (Wildman–Crippen MR) is 77.2 cm³/mol. The van der Waals surface area contributed by atoms with Gasteiger partial charge in [0.05, 0.1) is 5.56 Å². The second-order valence-electron chi connectivity index (χ2n) is 4.15. The molecule has 2 aromatic rings. The molecule has 0 aliphatic heterocycles. The molecular formula is C14H14N2O3S. The van der Waals surface area contributed by atoms with Crippen LogP contribution in [0.2, 0.25) is 0 Å². The van der Waals surface area contributed by atoms with Crippen molar-refractivity contribution in [3.05, 3.63) is 57.5 Å². The highest BCUT2D eigenvalue weighted by atomic mass is 32.2. The van der Waals surface area contributed by atoms with Gasteiger partial charge >= 0.3 is 5.97 Å². The predicted octanol–water partition coefficient (Wildman–Crippen LogP) is 2.32. The highest BCUT2D eigenvalue weighted by Gasteiger charge is 2.10. The highest BCUT2D eigenvalue weighted by Crippen LogP contribution is 2.21. The summed E-state index contributed by atoms with van der Waals surface area (Å²) in [5, 5.41) is 9.62. The Morgan fingerprint density at radius 2 is 2.15 bits per heavy atom. The fourth-order valence-corrected chi connectivity index (χ4v) is 2.63. The minimum absolute atomic E-state index is 0.189. The summed E-state index contributed by atoms with van der Waals surface area (Å²) >= 11 is 1.32. The van der Waals surface area contributed by atoms with Crippen LogP contribution in [0.15, 0.2) is 40.3 Å². The lowest BCUT2D eigenvalue weighted by atomic mass is 10.1. The third kappa shape index (κ3) is 3.48. The summed E-state index contributed by atoms with van der Waals surface area (Å²) in [7, 11) is 0. The summed E-state index contributed by atoms with van der Waals surface area (Å²) in [6.07, 6.45) is 0.684. The molecule has 5 nitrogen and oxygen atoms in total. The fourth-order valence-electron chi connectivity index (χ4n) is 1.73. The molecule has 0 aliphatic carbocycles. The van der Waals surface area contributed by atoms with E-state index in [2.05, 4.69) is 9.97 Å². The number of hydrogen-bond acceptors (Lipinski definition) is 4. The van der Waals surface area contributed by atoms with E-state index in [0.717, 1.165) is 5.69 Å². The molecule has 1 heterocycles. The van der Waals surface area contributed by atoms with Crippen molar-refractivity contribution in [2.24, 2.45) is 0 Å². The van der Waals surface area contributed by atoms with Crippen LogP contribution in [0.4, 0.5) is 0 Å². The van der Waals surface area contributed by atoms with Gasteiger partial charge in [-0.05, 0) is 18.1 Å². The lowest BCUT2D eigenvalue weighted by Gasteiger charge is -2.06. The van der Waals surface area contributed by atoms with Gasteiger partial charge in [-0.1, -0.05) is 36.9 Å². The molecule has 6 heteroatoms. The Hall–Kier alpha value is -2.08. The van der Waals surface area contributed by atoms with Crippen LogP contribution in [0.3, 0.4) is 0 Å². The van der Waals surface area contributed by atoms with Gasteiger partial charge in [-0.3, -0.25) is 4.79 Å². The molecule has 0 bridgehead atoms. The zero-order valence-corrected chi connectivity index (χ0v) is 11.7. The van der Waals surface area contributed by atoms with Gasteiger partial charge in [0, 0.05) is 17.5 Å². The Bertz CT molecular complexity index is 682. The van der Waals surface area contributed by atoms with E-state index in [1.807, 2.05) is 6.92 Å². The van der Waals surface area contributed by atoms with Crippen molar-refractivity contribution in [3.8, 4) is 0 Å². The van der Waals surface area contributed by atoms with Gasteiger partial charge in [-0.25, -0.2) is 9.78 Å². The maximum Gasteiger partial charge on any atom is 0.335 e. The smallest absolute Gasteiger partial charge is 0.335 e. The van der Waals surface area contributed by atoms with E-state index < -0.39 is 5.97 Å². The number of carboxylic acids is 1. The minimum Gasteiger partial charge on any atom is -0.478 e. The lowest BCUT2D eigenvalue weighted by molar-refractivity contribution is 0.0696. The molecule has 20 heavy (non-hydrogen) atoms. The summed E-state index contributed by atoms with van der Waals surface area (Å²) in [5.74, 6) is -0.511. The van der Waals surface area contributed by atoms with Gasteiger partial charge in [-0.15, -0.1) is 0 Å². The summed E-state index contributed by atoms with van der Waals surface area (Å²) in [6, 6.07) is 8.28. The van der Waals surface area contributed by atoms with Gasteiger partial charge in [0.2, 0.25) is 0 Å². The summed E-state index contributed by atoms with van der Waals surface area (Å²) in [5.41, 5.74) is 1.51. The molecule has 2 rings (SSSR count). The van der Waals surface area contributed by atoms with Gasteiger partial charge in [-0.2, -0.15) is 0 Å². The number of thioether (sulfide) groups is 1. The van der Waals surface area contributed by atoms with E-state index in [1.165, 1.54) is 17.8 Å². The van der Waals surface area contributed by atoms with Gasteiger partial charge in [0.1, 0.15) is 0 Å². The van der Waals surface area contributed by atoms with Crippen LogP contribution < -0.4 is 5.56 Å². The third-order valence-electron chi connectivity index (χ3n) is 2.75. The number of carboxylic acid groups (broad SMARTS) is 1. The first-order valence-electron chi connectivity index (χ1n) is 6.14. The van der Waals surface area contributed by atoms with Crippen LogP contribution in [0.1, 0.15) is 28.5 Å². The van der Waals surface area contributed by atoms with Gasteiger partial charge in [0.15, 0.2) is 5.16 Å². The molecule has 1 aromatic carbocycles. The molecule has 0 radical (unpaired) electrons. The molecule has 0 amide bonds. The molecule has 2 N–H and O–H groups in total. The Labute approximate surface area is 120 Å². The number of aromatic amines is 1. The maximum absolute atomic E-state index is 11.5. The molecule has 1 aromatic heterocycles. The maximum atomic E-state index is 11.5. The summed E-state index contributed by atoms with van der Waals surface area (Å²) < 4.78 is 0. The molecule has 0 aliphatic rings. The number of nitrogens with one attached hydrogen (secondary N) is 1. The molecule has 0 saturated carbocycles. The average Bonchev–Trinajstić information content (AvgIpc) is 2.44. The van der Waals surface area contributed by atoms with E-state index in [9.17, 15) is 9.59 Å². The Balaban J connectivity index is 2.19. The molecule has 104 valence electrons. The van der Waals surface area contributed by atoms with Crippen LogP contribution in [0, 0.1) is 0 Å². The van der Waals surface area contributed by atoms with Crippen molar-refractivity contribution in [2.75, 3.05) is 0 Å². The normalized spacial score (nSPS) is 10.4. The number of aromatic nitrogens is 2. The molecule has 0 unspecified atom stereocenters. The lowest BCUT2D eigenvalue weighted by Crippen LogP contribution is -2.09. The van der Waals surface area contributed by atoms with E-state index in [0.29, 0.717) is 22.9 Å². The molecular weight excluding hydrogens is 276 g/mol. The van der Waals surface area contributed by atoms with E-state index in [1.54, 1.807) is 24.3 Å². The first kappa shape index (κ1) is 14.3. The number of aryl methyl sites for hydroxylation is 1. The number of rotatable bonds is 5. The van der Waals surface area contributed by atoms with Crippen molar-refractivity contribution in [1.82, 2.24) is 9.97 Å². The van der Waals surface area contributed by atoms with E-state index in [-0.39, 0.29) is 11.1 Å². The fraction of sp³-hybridized carbons (Fsp3) is 0.214. The standard InChI is InChI=1S/C14H14N2O3S/c1-2-10-7-12(17)16-14(15-10)20-8-9-5-3-4-6-11(9)13(18)19/h3-7H,2,8H2,1H3,(H,18,19)(H,15,16,17). The minimum atomic E-state index is -0.954. The van der Waals surface area contributed by atoms with E-state index in [4.69, 9.17) is 5.11 Å². The second kappa shape index (κ2) is 6.38. The average molecular weight is 290 g/mol. The molecule has 0 spiro atoms. The highest BCUT2D eigenvalue weighted by molar-refractivity contribution is 7.98. The van der Waals surface area contributed by atoms with Gasteiger partial charge in [0.25, 0.3) is 5.56 Å². The van der Waals surface area contributed by atoms with Crippen LogP contribution in [-0.4, -0.2) is 21.0 Å². The summed E-state index contributed by atoms with van der Waals surface area (Å²) in [6.45, 7) is 1.93. The van der Waals surface area contributed by atoms with Crippen molar-refractivity contribution in [1.29, 1.82) is 0 Å². The van der Waals surface area contributed by atoms with E-state index >= 15 is 0 Å². The van der Waals surface area contributed by atoms with Crippen LogP contribution in [0.25, 0.3) is 0 Å². The Morgan fingerprint density at radius 3 is 2.85 bits per heavy atom. The monoisotopic (exact) mass is 290 g/mol. The SMILES string of the molecule is CCc1cc(=O)[nH]c(SCc2ccccc2C(=O)O)n1. The number of benzene rings is 1. The van der Waals surface area contributed by atoms with Crippen molar-refractivity contribution in [2.45, 2.75) is 24.3 Å². The van der Waals surface area contributed by atoms with Crippen LogP contribution >= 0.6 is 11.8 Å². The van der Waals surface area contributed by atoms with Crippen molar-refractivity contribution in [3.63, 3.8) is 0 Å². The number of H-pyrrole nitrogens is 1. The van der Waals surface area contributed by atoms with Crippen LogP contribution in [-0.2, 0) is 12.2 Å². The quantitative estimate of drug-likeness (QED) is 0.652. The molecule has 0 fully saturated rings. The molecule has 0 atom stereocenters. The van der Waals surface area contributed by atoms with Crippen molar-refractivity contribution < 1.29 is 9.90 Å². The number of hydrogen-bond donors (Lipinski definition) is 2. The van der Waals surface area contributed by atoms with Crippen molar-refractivity contribution >= 4 is 17.7 Å².